The molecule has 96 valence electrons. The van der Waals surface area contributed by atoms with Crippen molar-refractivity contribution in [2.24, 2.45) is 0 Å². The van der Waals surface area contributed by atoms with Crippen LogP contribution in [0.15, 0.2) is 30.5 Å². The van der Waals surface area contributed by atoms with Crippen molar-refractivity contribution < 1.29 is 9.84 Å². The lowest BCUT2D eigenvalue weighted by molar-refractivity contribution is 0.207. The maximum Gasteiger partial charge on any atom is 0.121 e. The minimum atomic E-state index is -0.654. The van der Waals surface area contributed by atoms with E-state index in [0.29, 0.717) is 0 Å². The smallest absolute Gasteiger partial charge is 0.121 e. The number of hydrogen-bond donors (Lipinski definition) is 1. The summed E-state index contributed by atoms with van der Waals surface area (Å²) in [7, 11) is 1.64. The third kappa shape index (κ3) is 2.24. The molecule has 1 heterocycles. The third-order valence-corrected chi connectivity index (χ3v) is 3.10. The van der Waals surface area contributed by atoms with Crippen LogP contribution >= 0.6 is 0 Å². The Morgan fingerprint density at radius 2 is 2.17 bits per heavy atom. The molecule has 2 aromatic rings. The number of hydrogen-bond acceptors (Lipinski definition) is 3. The molecule has 0 saturated heterocycles. The second-order valence-electron chi connectivity index (χ2n) is 4.20. The van der Waals surface area contributed by atoms with Gasteiger partial charge in [-0.3, -0.25) is 4.68 Å². The van der Waals surface area contributed by atoms with E-state index in [4.69, 9.17) is 4.74 Å². The van der Waals surface area contributed by atoms with E-state index in [2.05, 4.69) is 5.10 Å². The van der Waals surface area contributed by atoms with E-state index in [1.54, 1.807) is 18.0 Å². The zero-order chi connectivity index (χ0) is 13.1. The molecule has 1 aromatic carbocycles. The van der Waals surface area contributed by atoms with Gasteiger partial charge in [0.2, 0.25) is 0 Å². The van der Waals surface area contributed by atoms with Crippen molar-refractivity contribution in [2.45, 2.75) is 26.5 Å². The van der Waals surface area contributed by atoms with Crippen LogP contribution in [0.5, 0.6) is 5.75 Å². The van der Waals surface area contributed by atoms with E-state index in [1.807, 2.05) is 38.1 Å². The molecule has 0 amide bonds. The molecule has 0 bridgehead atoms. The lowest BCUT2D eigenvalue weighted by Gasteiger charge is -2.15. The molecule has 0 aliphatic rings. The van der Waals surface area contributed by atoms with Gasteiger partial charge in [0.25, 0.3) is 0 Å². The van der Waals surface area contributed by atoms with Crippen LogP contribution in [0.2, 0.25) is 0 Å². The van der Waals surface area contributed by atoms with Gasteiger partial charge in [-0.2, -0.15) is 5.10 Å². The molecule has 18 heavy (non-hydrogen) atoms. The van der Waals surface area contributed by atoms with Gasteiger partial charge >= 0.3 is 0 Å². The Kier molecular flexibility index (Phi) is 3.67. The number of aliphatic hydroxyl groups excluding tert-OH is 1. The average Bonchev–Trinajstić information content (AvgIpc) is 2.86. The first-order chi connectivity index (χ1) is 8.67. The number of aryl methyl sites for hydroxylation is 2. The van der Waals surface area contributed by atoms with Crippen LogP contribution in [0.25, 0.3) is 0 Å². The molecule has 4 nitrogen and oxygen atoms in total. The first kappa shape index (κ1) is 12.6. The van der Waals surface area contributed by atoms with Crippen LogP contribution in [-0.2, 0) is 6.54 Å². The predicted molar refractivity (Wildman–Crippen MR) is 69.7 cm³/mol. The van der Waals surface area contributed by atoms with E-state index in [0.717, 1.165) is 29.1 Å². The minimum absolute atomic E-state index is 0.654. The Morgan fingerprint density at radius 3 is 2.78 bits per heavy atom. The molecule has 0 aliphatic heterocycles. The Labute approximate surface area is 107 Å². The van der Waals surface area contributed by atoms with Gasteiger partial charge in [-0.15, -0.1) is 0 Å². The van der Waals surface area contributed by atoms with E-state index in [-0.39, 0.29) is 0 Å². The van der Waals surface area contributed by atoms with E-state index >= 15 is 0 Å². The largest absolute Gasteiger partial charge is 0.497 e. The zero-order valence-corrected chi connectivity index (χ0v) is 10.9. The van der Waals surface area contributed by atoms with Gasteiger partial charge in [0.05, 0.1) is 12.8 Å². The van der Waals surface area contributed by atoms with Crippen molar-refractivity contribution in [3.63, 3.8) is 0 Å². The summed E-state index contributed by atoms with van der Waals surface area (Å²) < 4.78 is 6.97. The number of aliphatic hydroxyl groups is 1. The molecule has 2 rings (SSSR count). The van der Waals surface area contributed by atoms with E-state index < -0.39 is 6.10 Å². The fraction of sp³-hybridized carbons (Fsp3) is 0.357. The summed E-state index contributed by atoms with van der Waals surface area (Å²) in [5.74, 6) is 0.799. The molecule has 1 aromatic heterocycles. The second-order valence-corrected chi connectivity index (χ2v) is 4.20. The molecular weight excluding hydrogens is 228 g/mol. The molecule has 0 fully saturated rings. The summed E-state index contributed by atoms with van der Waals surface area (Å²) in [5, 5.41) is 14.6. The van der Waals surface area contributed by atoms with E-state index in [1.165, 1.54) is 0 Å². The van der Waals surface area contributed by atoms with Crippen LogP contribution in [0.1, 0.15) is 29.8 Å². The summed E-state index contributed by atoms with van der Waals surface area (Å²) in [6, 6.07) is 7.52. The normalized spacial score (nSPS) is 12.4. The average molecular weight is 246 g/mol. The summed E-state index contributed by atoms with van der Waals surface area (Å²) in [6.45, 7) is 4.71. The summed E-state index contributed by atoms with van der Waals surface area (Å²) in [5.41, 5.74) is 2.70. The van der Waals surface area contributed by atoms with Crippen LogP contribution in [0, 0.1) is 6.92 Å². The van der Waals surface area contributed by atoms with Crippen LogP contribution in [0.3, 0.4) is 0 Å². The van der Waals surface area contributed by atoms with Crippen molar-refractivity contribution in [1.82, 2.24) is 9.78 Å². The Hall–Kier alpha value is -1.81. The summed E-state index contributed by atoms with van der Waals surface area (Å²) in [6.07, 6.45) is 1.05. The first-order valence-corrected chi connectivity index (χ1v) is 6.01. The number of benzene rings is 1. The standard InChI is InChI=1S/C14H18N2O2/c1-4-16-13(7-8-15-16)14(17)12-6-5-11(18-3)9-10(12)2/h5-9,14,17H,4H2,1-3H3. The Balaban J connectivity index is 2.37. The number of nitrogens with zero attached hydrogens (tertiary/aromatic N) is 2. The number of ether oxygens (including phenoxy) is 1. The van der Waals surface area contributed by atoms with Gasteiger partial charge in [-0.1, -0.05) is 6.07 Å². The Morgan fingerprint density at radius 1 is 1.39 bits per heavy atom. The topological polar surface area (TPSA) is 47.3 Å². The molecule has 0 saturated carbocycles. The van der Waals surface area contributed by atoms with Crippen LogP contribution in [-0.4, -0.2) is 22.0 Å². The molecule has 4 heteroatoms. The van der Waals surface area contributed by atoms with Crippen molar-refractivity contribution in [1.29, 1.82) is 0 Å². The fourth-order valence-electron chi connectivity index (χ4n) is 2.08. The SMILES string of the molecule is CCn1nccc1C(O)c1ccc(OC)cc1C. The molecule has 0 aliphatic carbocycles. The van der Waals surface area contributed by atoms with Gasteiger partial charge in [0.15, 0.2) is 0 Å². The molecule has 0 radical (unpaired) electrons. The molecule has 1 N–H and O–H groups in total. The highest BCUT2D eigenvalue weighted by atomic mass is 16.5. The molecule has 0 spiro atoms. The van der Waals surface area contributed by atoms with Crippen molar-refractivity contribution in [2.75, 3.05) is 7.11 Å². The summed E-state index contributed by atoms with van der Waals surface area (Å²) >= 11 is 0. The summed E-state index contributed by atoms with van der Waals surface area (Å²) in [4.78, 5) is 0. The lowest BCUT2D eigenvalue weighted by Crippen LogP contribution is -2.10. The maximum absolute atomic E-state index is 10.4. The maximum atomic E-state index is 10.4. The van der Waals surface area contributed by atoms with Gasteiger partial charge in [-0.05, 0) is 43.2 Å². The highest BCUT2D eigenvalue weighted by molar-refractivity contribution is 5.38. The van der Waals surface area contributed by atoms with Gasteiger partial charge in [0.1, 0.15) is 11.9 Å². The molecule has 1 atom stereocenters. The van der Waals surface area contributed by atoms with Crippen molar-refractivity contribution in [3.05, 3.63) is 47.3 Å². The van der Waals surface area contributed by atoms with Crippen molar-refractivity contribution >= 4 is 0 Å². The number of methoxy groups -OCH3 is 1. The number of aromatic nitrogens is 2. The van der Waals surface area contributed by atoms with Crippen LogP contribution in [0.4, 0.5) is 0 Å². The predicted octanol–water partition coefficient (Wildman–Crippen LogP) is 2.30. The molecule has 1 unspecified atom stereocenters. The Bertz CT molecular complexity index is 534. The van der Waals surface area contributed by atoms with E-state index in [9.17, 15) is 5.11 Å². The molecular formula is C14H18N2O2. The fourth-order valence-corrected chi connectivity index (χ4v) is 2.08. The highest BCUT2D eigenvalue weighted by Crippen LogP contribution is 2.27. The lowest BCUT2D eigenvalue weighted by atomic mass is 10.0. The van der Waals surface area contributed by atoms with Gasteiger partial charge in [0, 0.05) is 12.7 Å². The monoisotopic (exact) mass is 246 g/mol. The number of rotatable bonds is 4. The van der Waals surface area contributed by atoms with Gasteiger partial charge < -0.3 is 9.84 Å². The highest BCUT2D eigenvalue weighted by Gasteiger charge is 2.17. The first-order valence-electron chi connectivity index (χ1n) is 6.01. The van der Waals surface area contributed by atoms with Gasteiger partial charge in [-0.25, -0.2) is 0 Å². The zero-order valence-electron chi connectivity index (χ0n) is 10.9. The van der Waals surface area contributed by atoms with Crippen molar-refractivity contribution in [3.8, 4) is 5.75 Å². The minimum Gasteiger partial charge on any atom is -0.497 e. The third-order valence-electron chi connectivity index (χ3n) is 3.10. The quantitative estimate of drug-likeness (QED) is 0.900. The van der Waals surface area contributed by atoms with Crippen LogP contribution < -0.4 is 4.74 Å². The second kappa shape index (κ2) is 5.23.